The summed E-state index contributed by atoms with van der Waals surface area (Å²) in [6.45, 7) is 7.11. The molecule has 2 amide bonds. The molecule has 8 nitrogen and oxygen atoms in total. The molecule has 0 fully saturated rings. The van der Waals surface area contributed by atoms with Crippen molar-refractivity contribution in [3.05, 3.63) is 65.2 Å². The van der Waals surface area contributed by atoms with E-state index in [1.165, 1.54) is 24.0 Å². The molecule has 2 aromatic carbocycles. The molecule has 0 aliphatic carbocycles. The van der Waals surface area contributed by atoms with Crippen molar-refractivity contribution in [2.24, 2.45) is 0 Å². The number of anilines is 1. The number of sulfonamides is 1. The number of rotatable bonds is 12. The molecule has 0 bridgehead atoms. The van der Waals surface area contributed by atoms with Gasteiger partial charge in [-0.3, -0.25) is 18.7 Å². The van der Waals surface area contributed by atoms with E-state index in [1.54, 1.807) is 19.1 Å². The van der Waals surface area contributed by atoms with E-state index in [-0.39, 0.29) is 23.9 Å². The Labute approximate surface area is 208 Å². The molecule has 9 heteroatoms. The van der Waals surface area contributed by atoms with Gasteiger partial charge in [0.15, 0.2) is 5.78 Å². The molecular formula is C26H35N3O5S. The van der Waals surface area contributed by atoms with Crippen LogP contribution in [-0.4, -0.2) is 56.3 Å². The number of Topliss-reactive ketones (excluding diaryl/α,β-unsaturated/α-hetero) is 1. The van der Waals surface area contributed by atoms with E-state index in [0.29, 0.717) is 12.1 Å². The van der Waals surface area contributed by atoms with Crippen LogP contribution in [0.2, 0.25) is 0 Å². The Balaban J connectivity index is 2.40. The zero-order valence-corrected chi connectivity index (χ0v) is 21.9. The number of ketones is 1. The van der Waals surface area contributed by atoms with Crippen LogP contribution >= 0.6 is 0 Å². The highest BCUT2D eigenvalue weighted by atomic mass is 32.2. The molecule has 0 spiro atoms. The summed E-state index contributed by atoms with van der Waals surface area (Å²) < 4.78 is 26.3. The normalized spacial score (nSPS) is 12.0. The molecule has 2 rings (SSSR count). The van der Waals surface area contributed by atoms with Gasteiger partial charge in [-0.1, -0.05) is 49.7 Å². The lowest BCUT2D eigenvalue weighted by Gasteiger charge is -2.32. The number of hydrogen-bond acceptors (Lipinski definition) is 5. The Morgan fingerprint density at radius 2 is 1.74 bits per heavy atom. The molecule has 1 atom stereocenters. The van der Waals surface area contributed by atoms with E-state index in [9.17, 15) is 22.8 Å². The Kier molecular flexibility index (Phi) is 10.0. The largest absolute Gasteiger partial charge is 0.354 e. The first-order valence-corrected chi connectivity index (χ1v) is 13.5. The number of aryl methyl sites for hydroxylation is 1. The maximum Gasteiger partial charge on any atom is 0.244 e. The van der Waals surface area contributed by atoms with Crippen molar-refractivity contribution < 1.29 is 22.8 Å². The van der Waals surface area contributed by atoms with Crippen LogP contribution in [0, 0.1) is 6.92 Å². The molecule has 0 aromatic heterocycles. The monoisotopic (exact) mass is 501 g/mol. The van der Waals surface area contributed by atoms with E-state index in [0.717, 1.165) is 34.5 Å². The first-order chi connectivity index (χ1) is 16.5. The minimum atomic E-state index is -3.86. The van der Waals surface area contributed by atoms with Crippen LogP contribution in [-0.2, 0) is 26.2 Å². The Morgan fingerprint density at radius 1 is 1.06 bits per heavy atom. The average molecular weight is 502 g/mol. The molecule has 0 unspecified atom stereocenters. The van der Waals surface area contributed by atoms with Crippen molar-refractivity contribution in [2.45, 2.75) is 53.1 Å². The number of benzene rings is 2. The fourth-order valence-corrected chi connectivity index (χ4v) is 4.42. The van der Waals surface area contributed by atoms with E-state index in [1.807, 2.05) is 38.1 Å². The van der Waals surface area contributed by atoms with Gasteiger partial charge in [0, 0.05) is 18.7 Å². The predicted molar refractivity (Wildman–Crippen MR) is 138 cm³/mol. The third-order valence-electron chi connectivity index (χ3n) is 5.82. The zero-order valence-electron chi connectivity index (χ0n) is 21.1. The maximum atomic E-state index is 13.6. The number of carbonyl (C=O) groups is 3. The second kappa shape index (κ2) is 12.5. The summed E-state index contributed by atoms with van der Waals surface area (Å²) in [5, 5.41) is 2.85. The quantitative estimate of drug-likeness (QED) is 0.355. The lowest BCUT2D eigenvalue weighted by atomic mass is 10.1. The molecule has 0 saturated carbocycles. The van der Waals surface area contributed by atoms with E-state index < -0.39 is 28.5 Å². The van der Waals surface area contributed by atoms with Crippen molar-refractivity contribution in [1.82, 2.24) is 10.2 Å². The van der Waals surface area contributed by atoms with Gasteiger partial charge in [0.2, 0.25) is 21.8 Å². The summed E-state index contributed by atoms with van der Waals surface area (Å²) in [5.41, 5.74) is 2.37. The minimum absolute atomic E-state index is 0.152. The van der Waals surface area contributed by atoms with Crippen LogP contribution in [0.1, 0.15) is 55.1 Å². The van der Waals surface area contributed by atoms with Crippen molar-refractivity contribution in [3.8, 4) is 0 Å². The Hall–Kier alpha value is -3.20. The number of hydrogen-bond donors (Lipinski definition) is 1. The highest BCUT2D eigenvalue weighted by molar-refractivity contribution is 7.92. The van der Waals surface area contributed by atoms with Crippen molar-refractivity contribution >= 4 is 33.3 Å². The van der Waals surface area contributed by atoms with Gasteiger partial charge in [-0.15, -0.1) is 0 Å². The van der Waals surface area contributed by atoms with Gasteiger partial charge < -0.3 is 10.2 Å². The van der Waals surface area contributed by atoms with E-state index in [2.05, 4.69) is 5.32 Å². The standard InChI is InChI=1S/C26H35N3O5S/c1-6-7-15-27-26(32)20(3)28(17-23-12-9-8-11-19(23)2)25(31)18-29(35(5,33)34)24-14-10-13-22(16-24)21(4)30/h8-14,16,20H,6-7,15,17-18H2,1-5H3,(H,27,32)/t20-/m0/s1. The van der Waals surface area contributed by atoms with Gasteiger partial charge in [-0.05, 0) is 50.5 Å². The third kappa shape index (κ3) is 7.92. The van der Waals surface area contributed by atoms with Gasteiger partial charge in [0.05, 0.1) is 11.9 Å². The number of nitrogens with one attached hydrogen (secondary N) is 1. The maximum absolute atomic E-state index is 13.6. The second-order valence-corrected chi connectivity index (χ2v) is 10.6. The summed E-state index contributed by atoms with van der Waals surface area (Å²) >= 11 is 0. The van der Waals surface area contributed by atoms with Crippen LogP contribution in [0.3, 0.4) is 0 Å². The number of amides is 2. The molecule has 0 aliphatic rings. The van der Waals surface area contributed by atoms with Crippen LogP contribution in [0.15, 0.2) is 48.5 Å². The summed E-state index contributed by atoms with van der Waals surface area (Å²) in [7, 11) is -3.86. The van der Waals surface area contributed by atoms with Crippen molar-refractivity contribution in [3.63, 3.8) is 0 Å². The SMILES string of the molecule is CCCCNC(=O)[C@H](C)N(Cc1ccccc1C)C(=O)CN(c1cccc(C(C)=O)c1)S(C)(=O)=O. The molecule has 0 heterocycles. The molecule has 0 radical (unpaired) electrons. The van der Waals surface area contributed by atoms with Crippen LogP contribution in [0.5, 0.6) is 0 Å². The van der Waals surface area contributed by atoms with Gasteiger partial charge in [0.25, 0.3) is 0 Å². The fraction of sp³-hybridized carbons (Fsp3) is 0.423. The lowest BCUT2D eigenvalue weighted by molar-refractivity contribution is -0.139. The highest BCUT2D eigenvalue weighted by Gasteiger charge is 2.30. The molecule has 1 N–H and O–H groups in total. The van der Waals surface area contributed by atoms with Gasteiger partial charge in [-0.2, -0.15) is 0 Å². The van der Waals surface area contributed by atoms with E-state index in [4.69, 9.17) is 0 Å². The molecular weight excluding hydrogens is 466 g/mol. The topological polar surface area (TPSA) is 104 Å². The van der Waals surface area contributed by atoms with Crippen molar-refractivity contribution in [2.75, 3.05) is 23.7 Å². The minimum Gasteiger partial charge on any atom is -0.354 e. The molecule has 2 aromatic rings. The second-order valence-electron chi connectivity index (χ2n) is 8.64. The summed E-state index contributed by atoms with van der Waals surface area (Å²) in [6.07, 6.45) is 2.75. The van der Waals surface area contributed by atoms with Crippen LogP contribution < -0.4 is 9.62 Å². The Bertz CT molecular complexity index is 1160. The smallest absolute Gasteiger partial charge is 0.244 e. The van der Waals surface area contributed by atoms with E-state index >= 15 is 0 Å². The van der Waals surface area contributed by atoms with Gasteiger partial charge in [-0.25, -0.2) is 8.42 Å². The molecule has 0 aliphatic heterocycles. The van der Waals surface area contributed by atoms with Crippen LogP contribution in [0.25, 0.3) is 0 Å². The van der Waals surface area contributed by atoms with Crippen LogP contribution in [0.4, 0.5) is 5.69 Å². The predicted octanol–water partition coefficient (Wildman–Crippen LogP) is 3.30. The number of nitrogens with zero attached hydrogens (tertiary/aromatic N) is 2. The highest BCUT2D eigenvalue weighted by Crippen LogP contribution is 2.21. The number of unbranched alkanes of at least 4 members (excludes halogenated alkanes) is 1. The summed E-state index contributed by atoms with van der Waals surface area (Å²) in [6, 6.07) is 12.9. The summed E-state index contributed by atoms with van der Waals surface area (Å²) in [4.78, 5) is 39.6. The fourth-order valence-electron chi connectivity index (χ4n) is 3.58. The zero-order chi connectivity index (χ0) is 26.2. The molecule has 35 heavy (non-hydrogen) atoms. The first-order valence-electron chi connectivity index (χ1n) is 11.7. The van der Waals surface area contributed by atoms with Crippen molar-refractivity contribution in [1.29, 1.82) is 0 Å². The van der Waals surface area contributed by atoms with Gasteiger partial charge >= 0.3 is 0 Å². The summed E-state index contributed by atoms with van der Waals surface area (Å²) in [5.74, 6) is -1.04. The molecule has 190 valence electrons. The van der Waals surface area contributed by atoms with Gasteiger partial charge in [0.1, 0.15) is 12.6 Å². The first kappa shape index (κ1) is 28.0. The number of carbonyl (C=O) groups excluding carboxylic acids is 3. The lowest BCUT2D eigenvalue weighted by Crippen LogP contribution is -2.51. The third-order valence-corrected chi connectivity index (χ3v) is 6.96. The molecule has 0 saturated heterocycles. The Morgan fingerprint density at radius 3 is 2.34 bits per heavy atom. The average Bonchev–Trinajstić information content (AvgIpc) is 2.80.